The molecule has 11 heteroatoms. The van der Waals surface area contributed by atoms with Crippen molar-refractivity contribution < 1.29 is 9.32 Å². The van der Waals surface area contributed by atoms with Gasteiger partial charge in [0.05, 0.1) is 12.5 Å². The molecule has 31 heavy (non-hydrogen) atoms. The van der Waals surface area contributed by atoms with Crippen LogP contribution in [0, 0.1) is 0 Å². The molecule has 2 aromatic carbocycles. The van der Waals surface area contributed by atoms with Crippen LogP contribution in [0.5, 0.6) is 0 Å². The molecule has 4 aromatic rings. The average molecular weight is 561 g/mol. The lowest BCUT2D eigenvalue weighted by Crippen LogP contribution is -1.90. The van der Waals surface area contributed by atoms with E-state index in [0.717, 1.165) is 27.1 Å². The topological polar surface area (TPSA) is 63.1 Å². The Morgan fingerprint density at radius 3 is 1.61 bits per heavy atom. The Hall–Kier alpha value is -0.890. The van der Waals surface area contributed by atoms with Gasteiger partial charge in [-0.1, -0.05) is 71.7 Å². The van der Waals surface area contributed by atoms with Crippen molar-refractivity contribution in [2.45, 2.75) is 12.5 Å². The van der Waals surface area contributed by atoms with E-state index < -0.39 is 9.23 Å². The highest BCUT2D eigenvalue weighted by molar-refractivity contribution is 8.26. The van der Waals surface area contributed by atoms with Crippen molar-refractivity contribution >= 4 is 99.3 Å². The Kier molecular flexibility index (Phi) is 13.0. The first kappa shape index (κ1) is 28.1. The molecule has 0 aliphatic rings. The molecule has 0 spiro atoms. The number of aromatic nitrogens is 2. The molecule has 0 aliphatic carbocycles. The summed E-state index contributed by atoms with van der Waals surface area (Å²) < 4.78 is 9.09. The van der Waals surface area contributed by atoms with E-state index in [1.807, 2.05) is 48.5 Å². The quantitative estimate of drug-likeness (QED) is 0.157. The van der Waals surface area contributed by atoms with Crippen LogP contribution in [0.3, 0.4) is 0 Å². The molecule has 4 nitrogen and oxygen atoms in total. The summed E-state index contributed by atoms with van der Waals surface area (Å²) in [5, 5.41) is 14.1. The number of hydrogen-bond acceptors (Lipinski definition) is 4. The lowest BCUT2D eigenvalue weighted by Gasteiger charge is -2.04. The lowest BCUT2D eigenvalue weighted by molar-refractivity contribution is 0.283. The van der Waals surface area contributed by atoms with Gasteiger partial charge < -0.3 is 5.11 Å². The van der Waals surface area contributed by atoms with Gasteiger partial charge in [0.15, 0.2) is 0 Å². The first-order valence-electron chi connectivity index (χ1n) is 8.34. The summed E-state index contributed by atoms with van der Waals surface area (Å²) >= 11 is 17.5. The van der Waals surface area contributed by atoms with Crippen LogP contribution >= 0.6 is 68.6 Å². The van der Waals surface area contributed by atoms with E-state index in [1.165, 1.54) is 0 Å². The zero-order valence-corrected chi connectivity index (χ0v) is 21.1. The van der Waals surface area contributed by atoms with Crippen LogP contribution in [0.25, 0.3) is 21.5 Å². The van der Waals surface area contributed by atoms with Gasteiger partial charge in [0.2, 0.25) is 9.23 Å². The maximum Gasteiger partial charge on any atom is 0.211 e. The molecule has 0 aliphatic heterocycles. The summed E-state index contributed by atoms with van der Waals surface area (Å²) in [5.41, 5.74) is 1.60. The molecule has 0 saturated carbocycles. The number of hydrogen-bond donors (Lipinski definition) is 1. The van der Waals surface area contributed by atoms with Crippen molar-refractivity contribution in [2.24, 2.45) is 0 Å². The molecule has 0 bridgehead atoms. The minimum absolute atomic E-state index is 0. The summed E-state index contributed by atoms with van der Waals surface area (Å²) in [5.74, 6) is 0.396. The van der Waals surface area contributed by atoms with Gasteiger partial charge in [0.1, 0.15) is 10.3 Å². The molecule has 0 amide bonds. The van der Waals surface area contributed by atoms with Gasteiger partial charge in [-0.05, 0) is 10.8 Å². The minimum Gasteiger partial charge on any atom is -0.392 e. The van der Waals surface area contributed by atoms with Crippen molar-refractivity contribution in [3.05, 3.63) is 82.4 Å². The molecule has 166 valence electrons. The Morgan fingerprint density at radius 2 is 1.19 bits per heavy atom. The number of pyridine rings is 2. The summed E-state index contributed by atoms with van der Waals surface area (Å²) in [4.78, 5) is 8.04. The number of aliphatic hydroxyl groups is 1. The molecule has 2 heterocycles. The molecule has 0 radical (unpaired) electrons. The molecule has 0 fully saturated rings. The standard InChI is InChI=1S/C10H7Cl2N.C10H8ClNO.Cl2OS.ClH/c11-5-9-8-4-2-1-3-7(8)6-13-10(9)12;11-10-9(6-13)8-4-2-1-3-7(8)5-12-10;1-4(2)3;/h1-4,6H,5H2;1-5,13H,6H2;;1H. The third-order valence-corrected chi connectivity index (χ3v) is 4.91. The third-order valence-electron chi connectivity index (χ3n) is 4.00. The minimum atomic E-state index is -1.67. The second kappa shape index (κ2) is 14.3. The second-order valence-electron chi connectivity index (χ2n) is 5.71. The highest BCUT2D eigenvalue weighted by atomic mass is 36.0. The van der Waals surface area contributed by atoms with E-state index in [-0.39, 0.29) is 19.0 Å². The van der Waals surface area contributed by atoms with Crippen molar-refractivity contribution in [1.82, 2.24) is 9.97 Å². The van der Waals surface area contributed by atoms with E-state index in [0.29, 0.717) is 21.7 Å². The number of benzene rings is 2. The van der Waals surface area contributed by atoms with Gasteiger partial charge in [0, 0.05) is 55.7 Å². The fraction of sp³-hybridized carbons (Fsp3) is 0.100. The zero-order chi connectivity index (χ0) is 22.1. The number of fused-ring (bicyclic) bond motifs is 2. The molecule has 0 saturated heterocycles. The first-order chi connectivity index (χ1) is 14.4. The van der Waals surface area contributed by atoms with E-state index in [1.54, 1.807) is 12.4 Å². The van der Waals surface area contributed by atoms with E-state index >= 15 is 0 Å². The largest absolute Gasteiger partial charge is 0.392 e. The van der Waals surface area contributed by atoms with Gasteiger partial charge in [-0.3, -0.25) is 0 Å². The smallest absolute Gasteiger partial charge is 0.211 e. The second-order valence-corrected chi connectivity index (χ2v) is 9.21. The molecule has 4 rings (SSSR count). The monoisotopic (exact) mass is 558 g/mol. The molecule has 1 N–H and O–H groups in total. The van der Waals surface area contributed by atoms with Crippen molar-refractivity contribution in [3.8, 4) is 0 Å². The van der Waals surface area contributed by atoms with Crippen LogP contribution in [0.2, 0.25) is 10.3 Å². The number of aliphatic hydroxyl groups excluding tert-OH is 1. The Bertz CT molecular complexity index is 1070. The predicted octanol–water partition coefficient (Wildman–Crippen LogP) is 7.47. The lowest BCUT2D eigenvalue weighted by atomic mass is 10.1. The highest BCUT2D eigenvalue weighted by Gasteiger charge is 2.05. The Morgan fingerprint density at radius 1 is 0.806 bits per heavy atom. The van der Waals surface area contributed by atoms with Crippen molar-refractivity contribution in [2.75, 3.05) is 0 Å². The van der Waals surface area contributed by atoms with E-state index in [4.69, 9.17) is 44.1 Å². The van der Waals surface area contributed by atoms with Crippen LogP contribution in [0.4, 0.5) is 0 Å². The molecular formula is C20H16Cl6N2O2S. The van der Waals surface area contributed by atoms with Crippen LogP contribution in [0.1, 0.15) is 11.1 Å². The normalized spacial score (nSPS) is 10.0. The number of nitrogens with zero attached hydrogens (tertiary/aromatic N) is 2. The van der Waals surface area contributed by atoms with E-state index in [9.17, 15) is 0 Å². The number of alkyl halides is 1. The predicted molar refractivity (Wildman–Crippen MR) is 136 cm³/mol. The zero-order valence-electron chi connectivity index (χ0n) is 15.6. The van der Waals surface area contributed by atoms with Crippen LogP contribution in [0.15, 0.2) is 60.9 Å². The summed E-state index contributed by atoms with van der Waals surface area (Å²) in [6.07, 6.45) is 3.46. The molecular weight excluding hydrogens is 545 g/mol. The Labute approximate surface area is 212 Å². The Balaban J connectivity index is 0.000000258. The summed E-state index contributed by atoms with van der Waals surface area (Å²) in [7, 11) is 7.36. The van der Waals surface area contributed by atoms with Crippen molar-refractivity contribution in [3.63, 3.8) is 0 Å². The van der Waals surface area contributed by atoms with Gasteiger partial charge in [-0.2, -0.15) is 0 Å². The van der Waals surface area contributed by atoms with E-state index in [2.05, 4.69) is 31.3 Å². The fourth-order valence-corrected chi connectivity index (χ4v) is 3.44. The highest BCUT2D eigenvalue weighted by Crippen LogP contribution is 2.25. The summed E-state index contributed by atoms with van der Waals surface area (Å²) in [6, 6.07) is 15.6. The molecule has 0 atom stereocenters. The van der Waals surface area contributed by atoms with Gasteiger partial charge in [-0.15, -0.1) is 24.0 Å². The van der Waals surface area contributed by atoms with Crippen LogP contribution in [-0.2, 0) is 21.7 Å². The molecule has 0 unspecified atom stereocenters. The average Bonchev–Trinajstić information content (AvgIpc) is 2.74. The maximum absolute atomic E-state index is 9.09. The third kappa shape index (κ3) is 8.19. The van der Waals surface area contributed by atoms with Crippen molar-refractivity contribution in [1.29, 1.82) is 0 Å². The van der Waals surface area contributed by atoms with Crippen LogP contribution in [-0.4, -0.2) is 19.3 Å². The number of rotatable bonds is 2. The number of halogens is 6. The first-order valence-corrected chi connectivity index (χ1v) is 12.4. The summed E-state index contributed by atoms with van der Waals surface area (Å²) in [6.45, 7) is -0.0762. The SMILES string of the molecule is Cl.ClCc1c(Cl)ncc2ccccc12.O=S(Cl)Cl.OCc1c(Cl)ncc2ccccc12. The fourth-order valence-electron chi connectivity index (χ4n) is 2.68. The van der Waals surface area contributed by atoms with Crippen LogP contribution < -0.4 is 0 Å². The molecule has 2 aromatic heterocycles. The van der Waals surface area contributed by atoms with Gasteiger partial charge in [0.25, 0.3) is 0 Å². The van der Waals surface area contributed by atoms with Gasteiger partial charge in [-0.25, -0.2) is 14.2 Å². The van der Waals surface area contributed by atoms with Gasteiger partial charge >= 0.3 is 0 Å². The maximum atomic E-state index is 9.09.